The highest BCUT2D eigenvalue weighted by atomic mass is 19.1. The van der Waals surface area contributed by atoms with Gasteiger partial charge in [-0.1, -0.05) is 18.2 Å². The van der Waals surface area contributed by atoms with Gasteiger partial charge in [0.15, 0.2) is 0 Å². The summed E-state index contributed by atoms with van der Waals surface area (Å²) in [6.07, 6.45) is 1.70. The minimum atomic E-state index is -0.500. The van der Waals surface area contributed by atoms with Gasteiger partial charge in [-0.15, -0.1) is 0 Å². The summed E-state index contributed by atoms with van der Waals surface area (Å²) in [5, 5.41) is 2.89. The van der Waals surface area contributed by atoms with E-state index >= 15 is 0 Å². The Morgan fingerprint density at radius 2 is 2.05 bits per heavy atom. The molecule has 3 N–H and O–H groups in total. The van der Waals surface area contributed by atoms with Gasteiger partial charge in [-0.3, -0.25) is 4.79 Å². The number of carbonyl (C=O) groups is 1. The monoisotopic (exact) mass is 270 g/mol. The number of amides is 1. The number of benzene rings is 2. The number of nitrogens with two attached hydrogens (primary N) is 1. The molecule has 102 valence electrons. The van der Waals surface area contributed by atoms with E-state index in [1.165, 1.54) is 12.1 Å². The SMILES string of the molecule is Nc1ccc2c(c1)CCC2NC(=O)c1ccccc1F. The Labute approximate surface area is 116 Å². The third-order valence-corrected chi connectivity index (χ3v) is 3.67. The lowest BCUT2D eigenvalue weighted by Gasteiger charge is -2.14. The lowest BCUT2D eigenvalue weighted by Crippen LogP contribution is -2.27. The number of fused-ring (bicyclic) bond motifs is 1. The van der Waals surface area contributed by atoms with Crippen LogP contribution >= 0.6 is 0 Å². The van der Waals surface area contributed by atoms with Crippen molar-refractivity contribution >= 4 is 11.6 Å². The number of hydrogen-bond acceptors (Lipinski definition) is 2. The summed E-state index contributed by atoms with van der Waals surface area (Å²) >= 11 is 0. The van der Waals surface area contributed by atoms with Crippen molar-refractivity contribution in [1.29, 1.82) is 0 Å². The van der Waals surface area contributed by atoms with Crippen molar-refractivity contribution in [3.63, 3.8) is 0 Å². The average molecular weight is 270 g/mol. The second-order valence-corrected chi connectivity index (χ2v) is 5.00. The Morgan fingerprint density at radius 1 is 1.25 bits per heavy atom. The van der Waals surface area contributed by atoms with Crippen LogP contribution < -0.4 is 11.1 Å². The second kappa shape index (κ2) is 4.96. The summed E-state index contributed by atoms with van der Waals surface area (Å²) in [5.41, 5.74) is 8.79. The van der Waals surface area contributed by atoms with E-state index in [1.54, 1.807) is 12.1 Å². The molecule has 1 unspecified atom stereocenters. The highest BCUT2D eigenvalue weighted by Gasteiger charge is 2.25. The highest BCUT2D eigenvalue weighted by molar-refractivity contribution is 5.94. The summed E-state index contributed by atoms with van der Waals surface area (Å²) in [6.45, 7) is 0. The number of carbonyl (C=O) groups excluding carboxylic acids is 1. The van der Waals surface area contributed by atoms with E-state index < -0.39 is 5.82 Å². The molecule has 1 atom stereocenters. The van der Waals surface area contributed by atoms with Crippen molar-refractivity contribution in [3.05, 3.63) is 65.0 Å². The van der Waals surface area contributed by atoms with Crippen LogP contribution in [0.1, 0.15) is 33.9 Å². The average Bonchev–Trinajstić information content (AvgIpc) is 2.81. The molecular weight excluding hydrogens is 255 g/mol. The predicted octanol–water partition coefficient (Wildman–Crippen LogP) is 2.83. The van der Waals surface area contributed by atoms with Crippen LogP contribution in [0.3, 0.4) is 0 Å². The van der Waals surface area contributed by atoms with Gasteiger partial charge >= 0.3 is 0 Å². The first-order chi connectivity index (χ1) is 9.65. The smallest absolute Gasteiger partial charge is 0.254 e. The number of nitrogens with one attached hydrogen (secondary N) is 1. The fraction of sp³-hybridized carbons (Fsp3) is 0.188. The van der Waals surface area contributed by atoms with Crippen LogP contribution in [-0.2, 0) is 6.42 Å². The van der Waals surface area contributed by atoms with E-state index in [9.17, 15) is 9.18 Å². The molecule has 0 aliphatic heterocycles. The fourth-order valence-corrected chi connectivity index (χ4v) is 2.67. The van der Waals surface area contributed by atoms with Gasteiger partial charge in [-0.25, -0.2) is 4.39 Å². The summed E-state index contributed by atoms with van der Waals surface area (Å²) in [7, 11) is 0. The zero-order valence-corrected chi connectivity index (χ0v) is 10.9. The molecule has 4 heteroatoms. The van der Waals surface area contributed by atoms with Crippen molar-refractivity contribution in [1.82, 2.24) is 5.32 Å². The first kappa shape index (κ1) is 12.7. The van der Waals surface area contributed by atoms with Crippen LogP contribution in [0.4, 0.5) is 10.1 Å². The molecule has 1 aliphatic rings. The molecule has 0 fully saturated rings. The van der Waals surface area contributed by atoms with Crippen LogP contribution in [-0.4, -0.2) is 5.91 Å². The lowest BCUT2D eigenvalue weighted by atomic mass is 10.1. The Bertz CT molecular complexity index is 669. The molecule has 0 saturated carbocycles. The predicted molar refractivity (Wildman–Crippen MR) is 75.8 cm³/mol. The third-order valence-electron chi connectivity index (χ3n) is 3.67. The Kier molecular flexibility index (Phi) is 3.14. The molecule has 0 spiro atoms. The molecule has 2 aromatic rings. The van der Waals surface area contributed by atoms with Gasteiger partial charge in [-0.05, 0) is 48.2 Å². The summed E-state index contributed by atoms with van der Waals surface area (Å²) in [4.78, 5) is 12.1. The quantitative estimate of drug-likeness (QED) is 0.824. The number of nitrogen functional groups attached to an aromatic ring is 1. The molecule has 0 bridgehead atoms. The molecule has 0 aromatic heterocycles. The number of aryl methyl sites for hydroxylation is 1. The molecule has 3 nitrogen and oxygen atoms in total. The molecule has 0 saturated heterocycles. The number of rotatable bonds is 2. The molecule has 0 heterocycles. The third kappa shape index (κ3) is 2.25. The highest BCUT2D eigenvalue weighted by Crippen LogP contribution is 2.32. The molecular formula is C16H15FN2O. The Hall–Kier alpha value is -2.36. The standard InChI is InChI=1S/C16H15FN2O/c17-14-4-2-1-3-13(14)16(20)19-15-8-5-10-9-11(18)6-7-12(10)15/h1-4,6-7,9,15H,5,8,18H2,(H,19,20). The van der Waals surface area contributed by atoms with Crippen molar-refractivity contribution < 1.29 is 9.18 Å². The normalized spacial score (nSPS) is 16.8. The molecule has 1 aliphatic carbocycles. The lowest BCUT2D eigenvalue weighted by molar-refractivity contribution is 0.0932. The largest absolute Gasteiger partial charge is 0.399 e. The van der Waals surface area contributed by atoms with Gasteiger partial charge in [0.2, 0.25) is 0 Å². The minimum Gasteiger partial charge on any atom is -0.399 e. The minimum absolute atomic E-state index is 0.0716. The van der Waals surface area contributed by atoms with Crippen LogP contribution in [0.5, 0.6) is 0 Å². The Balaban J connectivity index is 1.81. The van der Waals surface area contributed by atoms with E-state index in [0.717, 1.165) is 29.7 Å². The fourth-order valence-electron chi connectivity index (χ4n) is 2.67. The van der Waals surface area contributed by atoms with Crippen molar-refractivity contribution in [2.24, 2.45) is 0 Å². The topological polar surface area (TPSA) is 55.1 Å². The number of halogens is 1. The van der Waals surface area contributed by atoms with Crippen molar-refractivity contribution in [3.8, 4) is 0 Å². The molecule has 2 aromatic carbocycles. The maximum absolute atomic E-state index is 13.6. The van der Waals surface area contributed by atoms with Crippen LogP contribution in [0.15, 0.2) is 42.5 Å². The van der Waals surface area contributed by atoms with Crippen LogP contribution in [0.2, 0.25) is 0 Å². The number of hydrogen-bond donors (Lipinski definition) is 2. The first-order valence-electron chi connectivity index (χ1n) is 6.59. The maximum atomic E-state index is 13.6. The summed E-state index contributed by atoms with van der Waals surface area (Å²) < 4.78 is 13.6. The second-order valence-electron chi connectivity index (χ2n) is 5.00. The molecule has 0 radical (unpaired) electrons. The van der Waals surface area contributed by atoms with E-state index in [2.05, 4.69) is 5.32 Å². The van der Waals surface area contributed by atoms with Gasteiger partial charge in [0, 0.05) is 5.69 Å². The summed E-state index contributed by atoms with van der Waals surface area (Å²) in [6, 6.07) is 11.6. The van der Waals surface area contributed by atoms with Crippen molar-refractivity contribution in [2.75, 3.05) is 5.73 Å². The van der Waals surface area contributed by atoms with Gasteiger partial charge in [0.25, 0.3) is 5.91 Å². The Morgan fingerprint density at radius 3 is 2.85 bits per heavy atom. The molecule has 1 amide bonds. The van der Waals surface area contributed by atoms with Gasteiger partial charge in [-0.2, -0.15) is 0 Å². The van der Waals surface area contributed by atoms with Gasteiger partial charge in [0.05, 0.1) is 11.6 Å². The van der Waals surface area contributed by atoms with Crippen LogP contribution in [0, 0.1) is 5.82 Å². The van der Waals surface area contributed by atoms with E-state index in [4.69, 9.17) is 5.73 Å². The number of anilines is 1. The summed E-state index contributed by atoms with van der Waals surface area (Å²) in [5.74, 6) is -0.877. The molecule has 3 rings (SSSR count). The van der Waals surface area contributed by atoms with E-state index in [1.807, 2.05) is 18.2 Å². The zero-order valence-electron chi connectivity index (χ0n) is 10.9. The van der Waals surface area contributed by atoms with E-state index in [-0.39, 0.29) is 17.5 Å². The molecule has 20 heavy (non-hydrogen) atoms. The first-order valence-corrected chi connectivity index (χ1v) is 6.59. The zero-order chi connectivity index (χ0) is 14.1. The van der Waals surface area contributed by atoms with Crippen molar-refractivity contribution in [2.45, 2.75) is 18.9 Å². The maximum Gasteiger partial charge on any atom is 0.254 e. The van der Waals surface area contributed by atoms with Gasteiger partial charge < -0.3 is 11.1 Å². The van der Waals surface area contributed by atoms with E-state index in [0.29, 0.717) is 0 Å². The van der Waals surface area contributed by atoms with Crippen LogP contribution in [0.25, 0.3) is 0 Å². The van der Waals surface area contributed by atoms with Gasteiger partial charge in [0.1, 0.15) is 5.82 Å².